The maximum atomic E-state index is 15.4. The van der Waals surface area contributed by atoms with E-state index in [4.69, 9.17) is 11.6 Å². The molecule has 0 bridgehead atoms. The fourth-order valence-electron chi connectivity index (χ4n) is 5.67. The van der Waals surface area contributed by atoms with Crippen molar-refractivity contribution in [3.8, 4) is 22.3 Å². The molecule has 6 heteroatoms. The fourth-order valence-corrected chi connectivity index (χ4v) is 6.29. The first-order chi connectivity index (χ1) is 16.7. The zero-order chi connectivity index (χ0) is 25.3. The molecular formula is C29H28ClF5. The molecule has 1 fully saturated rings. The first-order valence-electron chi connectivity index (χ1n) is 12.1. The van der Waals surface area contributed by atoms with Gasteiger partial charge in [0.2, 0.25) is 0 Å². The Hall–Kier alpha value is -2.40. The molecule has 3 atom stereocenters. The molecule has 0 heterocycles. The van der Waals surface area contributed by atoms with Crippen molar-refractivity contribution in [3.05, 3.63) is 83.2 Å². The van der Waals surface area contributed by atoms with Crippen molar-refractivity contribution >= 4 is 11.6 Å². The summed E-state index contributed by atoms with van der Waals surface area (Å²) in [6.07, 6.45) is 4.47. The lowest BCUT2D eigenvalue weighted by molar-refractivity contribution is 0.214. The number of hydrogen-bond donors (Lipinski definition) is 0. The standard InChI is InChI=1S/C29H28ClF5/c1-3-14-29(30)15-8-7-11-21(29)17(2)23-25(32)27(34)24(28(35)26(23)33)20-13-12-19(16-22(20)31)18-9-5-4-6-10-18/h4-6,9-10,12-13,16-17,21H,3,7-8,11,14-15H2,1-2H3. The maximum Gasteiger partial charge on any atom is 0.170 e. The first-order valence-corrected chi connectivity index (χ1v) is 12.5. The zero-order valence-electron chi connectivity index (χ0n) is 19.8. The third kappa shape index (κ3) is 4.72. The molecule has 1 saturated carbocycles. The highest BCUT2D eigenvalue weighted by molar-refractivity contribution is 6.24. The molecule has 0 aromatic heterocycles. The second-order valence-electron chi connectivity index (χ2n) is 9.53. The van der Waals surface area contributed by atoms with Crippen molar-refractivity contribution in [2.24, 2.45) is 5.92 Å². The SMILES string of the molecule is CCCC1(Cl)CCCCC1C(C)c1c(F)c(F)c(-c2ccc(-c3ccccc3)cc2F)c(F)c1F. The Labute approximate surface area is 208 Å². The highest BCUT2D eigenvalue weighted by Crippen LogP contribution is 2.50. The topological polar surface area (TPSA) is 0 Å². The minimum atomic E-state index is -1.59. The van der Waals surface area contributed by atoms with Crippen LogP contribution in [0.5, 0.6) is 0 Å². The molecule has 0 amide bonds. The summed E-state index contributed by atoms with van der Waals surface area (Å²) < 4.78 is 76.3. The Bertz CT molecular complexity index is 1180. The van der Waals surface area contributed by atoms with Crippen LogP contribution in [0, 0.1) is 35.0 Å². The molecule has 0 N–H and O–H groups in total. The van der Waals surface area contributed by atoms with Gasteiger partial charge in [-0.05, 0) is 48.3 Å². The molecule has 0 aliphatic heterocycles. The summed E-state index contributed by atoms with van der Waals surface area (Å²) in [4.78, 5) is -0.684. The van der Waals surface area contributed by atoms with Crippen LogP contribution in [-0.4, -0.2) is 4.87 Å². The first kappa shape index (κ1) is 25.7. The van der Waals surface area contributed by atoms with Gasteiger partial charge in [-0.15, -0.1) is 11.6 Å². The largest absolute Gasteiger partial charge is 0.206 e. The molecule has 0 nitrogen and oxygen atoms in total. The van der Waals surface area contributed by atoms with Gasteiger partial charge in [0.15, 0.2) is 23.3 Å². The Morgan fingerprint density at radius 2 is 1.54 bits per heavy atom. The summed E-state index contributed by atoms with van der Waals surface area (Å²) in [5.74, 6) is -8.32. The third-order valence-corrected chi connectivity index (χ3v) is 8.05. The molecule has 0 radical (unpaired) electrons. The Balaban J connectivity index is 1.78. The van der Waals surface area contributed by atoms with E-state index in [0.29, 0.717) is 30.4 Å². The molecule has 1 aliphatic rings. The van der Waals surface area contributed by atoms with Crippen molar-refractivity contribution in [2.75, 3.05) is 0 Å². The molecule has 3 aromatic rings. The van der Waals surface area contributed by atoms with Crippen LogP contribution >= 0.6 is 11.6 Å². The predicted octanol–water partition coefficient (Wildman–Crippen LogP) is 9.79. The van der Waals surface area contributed by atoms with E-state index in [2.05, 4.69) is 0 Å². The highest BCUT2D eigenvalue weighted by atomic mass is 35.5. The highest BCUT2D eigenvalue weighted by Gasteiger charge is 2.44. The van der Waals surface area contributed by atoms with Crippen LogP contribution in [0.2, 0.25) is 0 Å². The predicted molar refractivity (Wildman–Crippen MR) is 131 cm³/mol. The molecule has 186 valence electrons. The van der Waals surface area contributed by atoms with Crippen molar-refractivity contribution < 1.29 is 22.0 Å². The van der Waals surface area contributed by atoms with Gasteiger partial charge in [0.1, 0.15) is 5.82 Å². The van der Waals surface area contributed by atoms with Crippen LogP contribution in [-0.2, 0) is 0 Å². The monoisotopic (exact) mass is 506 g/mol. The number of alkyl halides is 1. The summed E-state index contributed by atoms with van der Waals surface area (Å²) in [6.45, 7) is 3.55. The second kappa shape index (κ2) is 10.3. The second-order valence-corrected chi connectivity index (χ2v) is 10.3. The minimum Gasteiger partial charge on any atom is -0.206 e. The van der Waals surface area contributed by atoms with Crippen LogP contribution < -0.4 is 0 Å². The summed E-state index contributed by atoms with van der Waals surface area (Å²) >= 11 is 6.90. The normalized spacial score (nSPS) is 21.2. The smallest absolute Gasteiger partial charge is 0.170 e. The molecule has 3 unspecified atom stereocenters. The molecular weight excluding hydrogens is 479 g/mol. The summed E-state index contributed by atoms with van der Waals surface area (Å²) in [5, 5.41) is 0. The Morgan fingerprint density at radius 3 is 2.14 bits per heavy atom. The third-order valence-electron chi connectivity index (χ3n) is 7.39. The molecule has 1 aliphatic carbocycles. The number of halogens is 6. The van der Waals surface area contributed by atoms with Gasteiger partial charge in [0, 0.05) is 16.0 Å². The van der Waals surface area contributed by atoms with Gasteiger partial charge in [-0.2, -0.15) is 0 Å². The van der Waals surface area contributed by atoms with E-state index in [9.17, 15) is 4.39 Å². The summed E-state index contributed by atoms with van der Waals surface area (Å²) in [7, 11) is 0. The lowest BCUT2D eigenvalue weighted by atomic mass is 9.68. The van der Waals surface area contributed by atoms with E-state index in [1.807, 2.05) is 6.92 Å². The van der Waals surface area contributed by atoms with E-state index >= 15 is 17.6 Å². The van der Waals surface area contributed by atoms with E-state index in [1.165, 1.54) is 6.07 Å². The van der Waals surface area contributed by atoms with Crippen molar-refractivity contribution in [1.29, 1.82) is 0 Å². The van der Waals surface area contributed by atoms with E-state index < -0.39 is 56.6 Å². The zero-order valence-corrected chi connectivity index (χ0v) is 20.5. The number of benzene rings is 3. The van der Waals surface area contributed by atoms with Crippen LogP contribution in [0.1, 0.15) is 63.9 Å². The average Bonchev–Trinajstić information content (AvgIpc) is 2.84. The Kier molecular flexibility index (Phi) is 7.56. The van der Waals surface area contributed by atoms with Gasteiger partial charge in [-0.25, -0.2) is 22.0 Å². The van der Waals surface area contributed by atoms with Gasteiger partial charge in [-0.1, -0.05) is 75.6 Å². The number of rotatable bonds is 6. The van der Waals surface area contributed by atoms with Crippen molar-refractivity contribution in [3.63, 3.8) is 0 Å². The van der Waals surface area contributed by atoms with Crippen LogP contribution in [0.25, 0.3) is 22.3 Å². The maximum absolute atomic E-state index is 15.4. The van der Waals surface area contributed by atoms with E-state index in [0.717, 1.165) is 31.4 Å². The molecule has 4 rings (SSSR count). The molecule has 3 aromatic carbocycles. The van der Waals surface area contributed by atoms with Gasteiger partial charge in [0.25, 0.3) is 0 Å². The van der Waals surface area contributed by atoms with E-state index in [-0.39, 0.29) is 5.92 Å². The average molecular weight is 507 g/mol. The van der Waals surface area contributed by atoms with Gasteiger partial charge in [0.05, 0.1) is 5.56 Å². The van der Waals surface area contributed by atoms with Gasteiger partial charge < -0.3 is 0 Å². The van der Waals surface area contributed by atoms with Crippen LogP contribution in [0.15, 0.2) is 48.5 Å². The Morgan fingerprint density at radius 1 is 0.886 bits per heavy atom. The van der Waals surface area contributed by atoms with Crippen LogP contribution in [0.4, 0.5) is 22.0 Å². The number of hydrogen-bond acceptors (Lipinski definition) is 0. The van der Waals surface area contributed by atoms with Crippen molar-refractivity contribution in [1.82, 2.24) is 0 Å². The molecule has 0 saturated heterocycles. The summed E-state index contributed by atoms with van der Waals surface area (Å²) in [5.41, 5.74) is -1.05. The lowest BCUT2D eigenvalue weighted by Gasteiger charge is -2.43. The molecule has 35 heavy (non-hydrogen) atoms. The van der Waals surface area contributed by atoms with Crippen LogP contribution in [0.3, 0.4) is 0 Å². The van der Waals surface area contributed by atoms with Gasteiger partial charge >= 0.3 is 0 Å². The quantitative estimate of drug-likeness (QED) is 0.177. The minimum absolute atomic E-state index is 0.339. The van der Waals surface area contributed by atoms with Crippen molar-refractivity contribution in [2.45, 2.75) is 63.2 Å². The fraction of sp³-hybridized carbons (Fsp3) is 0.379. The van der Waals surface area contributed by atoms with Gasteiger partial charge in [-0.3, -0.25) is 0 Å². The van der Waals surface area contributed by atoms with E-state index in [1.54, 1.807) is 37.3 Å². The summed E-state index contributed by atoms with van der Waals surface area (Å²) in [6, 6.07) is 12.6. The lowest BCUT2D eigenvalue weighted by Crippen LogP contribution is -2.38. The molecule has 0 spiro atoms.